The Hall–Kier alpha value is -3.45. The van der Waals surface area contributed by atoms with Gasteiger partial charge in [0.1, 0.15) is 11.5 Å². The van der Waals surface area contributed by atoms with E-state index < -0.39 is 6.04 Å². The number of nitrogens with one attached hydrogen (secondary N) is 1. The standard InChI is InChI=1S/C23H22ClN3O4/c1-4-8-26-19-13-27(16-7-5-6-15(24)11-16)22(28)20(19)21(25-23(26)29)14-9-17(30-2)12-18(10-14)31-3/h4-7,9-12,21H,1,8,13H2,2-3H3,(H,25,29). The van der Waals surface area contributed by atoms with E-state index in [9.17, 15) is 9.59 Å². The van der Waals surface area contributed by atoms with Gasteiger partial charge in [0.05, 0.1) is 38.1 Å². The van der Waals surface area contributed by atoms with E-state index in [4.69, 9.17) is 21.1 Å². The molecule has 1 atom stereocenters. The molecule has 7 nitrogen and oxygen atoms in total. The quantitative estimate of drug-likeness (QED) is 0.693. The fourth-order valence-electron chi connectivity index (χ4n) is 3.91. The SMILES string of the molecule is C=CCN1C(=O)NC(c2cc(OC)cc(OC)c2)C2=C1CN(c1cccc(Cl)c1)C2=O. The maximum Gasteiger partial charge on any atom is 0.322 e. The number of anilines is 1. The molecule has 2 aliphatic heterocycles. The average molecular weight is 440 g/mol. The molecule has 1 unspecified atom stereocenters. The molecule has 0 saturated carbocycles. The number of nitrogens with zero attached hydrogens (tertiary/aromatic N) is 2. The first-order chi connectivity index (χ1) is 15.0. The molecule has 0 aromatic heterocycles. The van der Waals surface area contributed by atoms with E-state index in [-0.39, 0.29) is 25.0 Å². The van der Waals surface area contributed by atoms with Crippen molar-refractivity contribution in [1.29, 1.82) is 0 Å². The Kier molecular flexibility index (Phi) is 5.61. The van der Waals surface area contributed by atoms with Gasteiger partial charge >= 0.3 is 6.03 Å². The monoisotopic (exact) mass is 439 g/mol. The lowest BCUT2D eigenvalue weighted by Crippen LogP contribution is -2.47. The number of amides is 3. The van der Waals surface area contributed by atoms with Crippen LogP contribution >= 0.6 is 11.6 Å². The van der Waals surface area contributed by atoms with Gasteiger partial charge in [0.25, 0.3) is 5.91 Å². The number of hydrogen-bond acceptors (Lipinski definition) is 4. The van der Waals surface area contributed by atoms with Gasteiger partial charge in [0, 0.05) is 23.3 Å². The van der Waals surface area contributed by atoms with Gasteiger partial charge in [-0.05, 0) is 35.9 Å². The molecule has 0 spiro atoms. The lowest BCUT2D eigenvalue weighted by atomic mass is 9.95. The minimum Gasteiger partial charge on any atom is -0.497 e. The maximum absolute atomic E-state index is 13.6. The molecule has 2 aromatic carbocycles. The Morgan fingerprint density at radius 2 is 1.87 bits per heavy atom. The molecule has 4 rings (SSSR count). The smallest absolute Gasteiger partial charge is 0.322 e. The molecule has 0 saturated heterocycles. The van der Waals surface area contributed by atoms with Crippen LogP contribution in [0.5, 0.6) is 11.5 Å². The molecule has 2 aliphatic rings. The predicted octanol–water partition coefficient (Wildman–Crippen LogP) is 3.91. The van der Waals surface area contributed by atoms with Crippen LogP contribution in [0.25, 0.3) is 0 Å². The summed E-state index contributed by atoms with van der Waals surface area (Å²) in [4.78, 5) is 29.7. The normalized spacial score (nSPS) is 18.1. The Balaban J connectivity index is 1.82. The topological polar surface area (TPSA) is 71.1 Å². The number of benzene rings is 2. The second-order valence-electron chi connectivity index (χ2n) is 7.16. The summed E-state index contributed by atoms with van der Waals surface area (Å²) in [7, 11) is 3.10. The third-order valence-electron chi connectivity index (χ3n) is 5.36. The first-order valence-electron chi connectivity index (χ1n) is 9.69. The van der Waals surface area contributed by atoms with Gasteiger partial charge in [-0.15, -0.1) is 6.58 Å². The second kappa shape index (κ2) is 8.35. The van der Waals surface area contributed by atoms with Crippen molar-refractivity contribution in [1.82, 2.24) is 10.2 Å². The Labute approximate surface area is 185 Å². The van der Waals surface area contributed by atoms with Crippen molar-refractivity contribution in [2.45, 2.75) is 6.04 Å². The lowest BCUT2D eigenvalue weighted by Gasteiger charge is -2.33. The van der Waals surface area contributed by atoms with Gasteiger partial charge in [0.2, 0.25) is 0 Å². The Morgan fingerprint density at radius 3 is 2.48 bits per heavy atom. The summed E-state index contributed by atoms with van der Waals surface area (Å²) in [5, 5.41) is 3.48. The van der Waals surface area contributed by atoms with Gasteiger partial charge in [-0.2, -0.15) is 0 Å². The average Bonchev–Trinajstić information content (AvgIpc) is 3.12. The highest BCUT2D eigenvalue weighted by Crippen LogP contribution is 2.40. The summed E-state index contributed by atoms with van der Waals surface area (Å²) in [6, 6.07) is 11.5. The molecular formula is C23H22ClN3O4. The number of methoxy groups -OCH3 is 2. The highest BCUT2D eigenvalue weighted by Gasteiger charge is 2.44. The zero-order valence-electron chi connectivity index (χ0n) is 17.2. The van der Waals surface area contributed by atoms with Gasteiger partial charge in [-0.1, -0.05) is 23.7 Å². The van der Waals surface area contributed by atoms with Crippen molar-refractivity contribution in [3.05, 3.63) is 77.0 Å². The number of ether oxygens (including phenoxy) is 2. The molecule has 0 bridgehead atoms. The summed E-state index contributed by atoms with van der Waals surface area (Å²) >= 11 is 6.15. The largest absolute Gasteiger partial charge is 0.497 e. The second-order valence-corrected chi connectivity index (χ2v) is 7.60. The number of halogens is 1. The van der Waals surface area contributed by atoms with Gasteiger partial charge in [0.15, 0.2) is 0 Å². The van der Waals surface area contributed by atoms with Crippen LogP contribution in [0.1, 0.15) is 11.6 Å². The minimum atomic E-state index is -0.649. The van der Waals surface area contributed by atoms with Crippen molar-refractivity contribution >= 4 is 29.2 Å². The predicted molar refractivity (Wildman–Crippen MR) is 119 cm³/mol. The van der Waals surface area contributed by atoms with Crippen LogP contribution in [0, 0.1) is 0 Å². The van der Waals surface area contributed by atoms with Crippen molar-refractivity contribution in [3.8, 4) is 11.5 Å². The van der Waals surface area contributed by atoms with E-state index in [0.29, 0.717) is 39.0 Å². The number of hydrogen-bond donors (Lipinski definition) is 1. The zero-order chi connectivity index (χ0) is 22.1. The third kappa shape index (κ3) is 3.72. The summed E-state index contributed by atoms with van der Waals surface area (Å²) < 4.78 is 10.7. The van der Waals surface area contributed by atoms with Crippen molar-refractivity contribution in [2.75, 3.05) is 32.2 Å². The fourth-order valence-corrected chi connectivity index (χ4v) is 4.10. The molecule has 1 N–H and O–H groups in total. The molecule has 2 heterocycles. The van der Waals surface area contributed by atoms with Gasteiger partial charge in [-0.25, -0.2) is 4.79 Å². The Bertz CT molecular complexity index is 1080. The van der Waals surface area contributed by atoms with Crippen LogP contribution in [-0.4, -0.2) is 44.1 Å². The van der Waals surface area contributed by atoms with E-state index in [0.717, 1.165) is 0 Å². The first kappa shape index (κ1) is 20.8. The van der Waals surface area contributed by atoms with Gasteiger partial charge in [-0.3, -0.25) is 9.69 Å². The molecule has 0 radical (unpaired) electrons. The summed E-state index contributed by atoms with van der Waals surface area (Å²) in [5.41, 5.74) is 2.49. The highest BCUT2D eigenvalue weighted by atomic mass is 35.5. The summed E-state index contributed by atoms with van der Waals surface area (Å²) in [5.74, 6) is 0.936. The van der Waals surface area contributed by atoms with Crippen molar-refractivity contribution in [3.63, 3.8) is 0 Å². The fraction of sp³-hybridized carbons (Fsp3) is 0.217. The third-order valence-corrected chi connectivity index (χ3v) is 5.60. The molecule has 8 heteroatoms. The van der Waals surface area contributed by atoms with E-state index in [1.807, 2.05) is 6.07 Å². The summed E-state index contributed by atoms with van der Waals surface area (Å²) in [6.45, 7) is 4.28. The minimum absolute atomic E-state index is 0.196. The molecule has 0 aliphatic carbocycles. The van der Waals surface area contributed by atoms with Crippen LogP contribution < -0.4 is 19.7 Å². The maximum atomic E-state index is 13.6. The lowest BCUT2D eigenvalue weighted by molar-refractivity contribution is -0.114. The van der Waals surface area contributed by atoms with E-state index >= 15 is 0 Å². The number of urea groups is 1. The van der Waals surface area contributed by atoms with Crippen LogP contribution in [0.15, 0.2) is 66.4 Å². The molecular weight excluding hydrogens is 418 g/mol. The first-order valence-corrected chi connectivity index (χ1v) is 10.1. The molecule has 2 aromatic rings. The highest BCUT2D eigenvalue weighted by molar-refractivity contribution is 6.31. The van der Waals surface area contributed by atoms with Crippen LogP contribution in [0.4, 0.5) is 10.5 Å². The number of carbonyl (C=O) groups is 2. The summed E-state index contributed by atoms with van der Waals surface area (Å²) in [6.07, 6.45) is 1.63. The van der Waals surface area contributed by atoms with Crippen LogP contribution in [-0.2, 0) is 4.79 Å². The number of carbonyl (C=O) groups excluding carboxylic acids is 2. The number of rotatable bonds is 6. The van der Waals surface area contributed by atoms with Gasteiger partial charge < -0.3 is 19.7 Å². The van der Waals surface area contributed by atoms with Crippen molar-refractivity contribution in [2.24, 2.45) is 0 Å². The van der Waals surface area contributed by atoms with Crippen molar-refractivity contribution < 1.29 is 19.1 Å². The zero-order valence-corrected chi connectivity index (χ0v) is 18.0. The van der Waals surface area contributed by atoms with Crippen LogP contribution in [0.2, 0.25) is 5.02 Å². The molecule has 160 valence electrons. The Morgan fingerprint density at radius 1 is 1.16 bits per heavy atom. The molecule has 31 heavy (non-hydrogen) atoms. The molecule has 0 fully saturated rings. The van der Waals surface area contributed by atoms with Crippen LogP contribution in [0.3, 0.4) is 0 Å². The molecule has 3 amide bonds. The van der Waals surface area contributed by atoms with E-state index in [2.05, 4.69) is 11.9 Å². The van der Waals surface area contributed by atoms with E-state index in [1.54, 1.807) is 66.5 Å². The van der Waals surface area contributed by atoms with E-state index in [1.165, 1.54) is 0 Å².